The second-order valence-electron chi connectivity index (χ2n) is 3.70. The fraction of sp³-hybridized carbons (Fsp3) is 0.500. The molecule has 1 aromatic rings. The third-order valence-electron chi connectivity index (χ3n) is 2.45. The van der Waals surface area contributed by atoms with Gasteiger partial charge >= 0.3 is 0 Å². The number of ketones is 1. The SMILES string of the molecule is CCOC(CC(=O)c1cccc(OC)c1)OCC. The number of ether oxygens (including phenoxy) is 3. The Morgan fingerprint density at radius 2 is 1.89 bits per heavy atom. The number of methoxy groups -OCH3 is 1. The van der Waals surface area contributed by atoms with E-state index in [0.717, 1.165) is 0 Å². The van der Waals surface area contributed by atoms with Gasteiger partial charge in [-0.15, -0.1) is 0 Å². The van der Waals surface area contributed by atoms with Crippen molar-refractivity contribution in [1.82, 2.24) is 0 Å². The molecule has 0 atom stereocenters. The molecule has 0 aliphatic rings. The van der Waals surface area contributed by atoms with Gasteiger partial charge in [-0.3, -0.25) is 4.79 Å². The van der Waals surface area contributed by atoms with Gasteiger partial charge < -0.3 is 14.2 Å². The molecule has 0 N–H and O–H groups in total. The van der Waals surface area contributed by atoms with Crippen molar-refractivity contribution in [2.45, 2.75) is 26.6 Å². The molecule has 0 aromatic heterocycles. The van der Waals surface area contributed by atoms with Gasteiger partial charge in [0.2, 0.25) is 0 Å². The van der Waals surface area contributed by atoms with Crippen molar-refractivity contribution in [3.8, 4) is 5.75 Å². The second-order valence-corrected chi connectivity index (χ2v) is 3.70. The highest BCUT2D eigenvalue weighted by Crippen LogP contribution is 2.15. The zero-order valence-corrected chi connectivity index (χ0v) is 11.1. The van der Waals surface area contributed by atoms with Crippen molar-refractivity contribution < 1.29 is 19.0 Å². The second kappa shape index (κ2) is 7.84. The molecule has 0 bridgehead atoms. The smallest absolute Gasteiger partial charge is 0.168 e. The molecule has 0 spiro atoms. The lowest BCUT2D eigenvalue weighted by molar-refractivity contribution is -0.133. The maximum absolute atomic E-state index is 12.1. The monoisotopic (exact) mass is 252 g/mol. The number of Topliss-reactive ketones (excluding diaryl/α,β-unsaturated/α-hetero) is 1. The Hall–Kier alpha value is -1.39. The lowest BCUT2D eigenvalue weighted by atomic mass is 10.1. The van der Waals surface area contributed by atoms with E-state index in [2.05, 4.69) is 0 Å². The van der Waals surface area contributed by atoms with Gasteiger partial charge in [0.05, 0.1) is 13.5 Å². The van der Waals surface area contributed by atoms with Gasteiger partial charge in [0.15, 0.2) is 12.1 Å². The Balaban J connectivity index is 2.67. The van der Waals surface area contributed by atoms with Crippen molar-refractivity contribution in [2.24, 2.45) is 0 Å². The summed E-state index contributed by atoms with van der Waals surface area (Å²) in [5.74, 6) is 0.658. The van der Waals surface area contributed by atoms with Crippen molar-refractivity contribution >= 4 is 5.78 Å². The van der Waals surface area contributed by atoms with Crippen LogP contribution in [0.15, 0.2) is 24.3 Å². The van der Waals surface area contributed by atoms with Gasteiger partial charge in [-0.05, 0) is 26.0 Å². The summed E-state index contributed by atoms with van der Waals surface area (Å²) in [7, 11) is 1.58. The van der Waals surface area contributed by atoms with Gasteiger partial charge in [0.25, 0.3) is 0 Å². The molecule has 1 rings (SSSR count). The van der Waals surface area contributed by atoms with Crippen molar-refractivity contribution in [3.05, 3.63) is 29.8 Å². The number of hydrogen-bond acceptors (Lipinski definition) is 4. The number of hydrogen-bond donors (Lipinski definition) is 0. The van der Waals surface area contributed by atoms with E-state index in [9.17, 15) is 4.79 Å². The van der Waals surface area contributed by atoms with E-state index < -0.39 is 6.29 Å². The van der Waals surface area contributed by atoms with Gasteiger partial charge in [0, 0.05) is 18.8 Å². The topological polar surface area (TPSA) is 44.8 Å². The van der Waals surface area contributed by atoms with Crippen molar-refractivity contribution in [2.75, 3.05) is 20.3 Å². The quantitative estimate of drug-likeness (QED) is 0.527. The molecule has 1 aromatic carbocycles. The van der Waals surface area contributed by atoms with Crippen molar-refractivity contribution in [3.63, 3.8) is 0 Å². The summed E-state index contributed by atoms with van der Waals surface area (Å²) in [5, 5.41) is 0. The molecule has 0 fully saturated rings. The van der Waals surface area contributed by atoms with E-state index in [4.69, 9.17) is 14.2 Å². The molecule has 0 amide bonds. The van der Waals surface area contributed by atoms with E-state index in [-0.39, 0.29) is 12.2 Å². The van der Waals surface area contributed by atoms with Gasteiger partial charge in [-0.25, -0.2) is 0 Å². The largest absolute Gasteiger partial charge is 0.497 e. The fourth-order valence-electron chi connectivity index (χ4n) is 1.60. The van der Waals surface area contributed by atoms with E-state index in [1.807, 2.05) is 13.8 Å². The third kappa shape index (κ3) is 4.47. The van der Waals surface area contributed by atoms with E-state index in [1.54, 1.807) is 31.4 Å². The molecule has 100 valence electrons. The summed E-state index contributed by atoms with van der Waals surface area (Å²) in [6.45, 7) is 4.80. The molecule has 0 heterocycles. The van der Waals surface area contributed by atoms with E-state index in [1.165, 1.54) is 0 Å². The molecule has 0 aliphatic heterocycles. The Morgan fingerprint density at radius 1 is 1.22 bits per heavy atom. The highest BCUT2D eigenvalue weighted by atomic mass is 16.7. The van der Waals surface area contributed by atoms with E-state index >= 15 is 0 Å². The average Bonchev–Trinajstić information content (AvgIpc) is 2.39. The van der Waals surface area contributed by atoms with Crippen LogP contribution in [-0.2, 0) is 9.47 Å². The first kappa shape index (κ1) is 14.7. The van der Waals surface area contributed by atoms with Crippen LogP contribution in [0.4, 0.5) is 0 Å². The number of rotatable bonds is 8. The average molecular weight is 252 g/mol. The van der Waals surface area contributed by atoms with Crippen LogP contribution in [0.1, 0.15) is 30.6 Å². The zero-order chi connectivity index (χ0) is 13.4. The highest BCUT2D eigenvalue weighted by Gasteiger charge is 2.15. The van der Waals surface area contributed by atoms with Crippen LogP contribution >= 0.6 is 0 Å². The molecule has 4 nitrogen and oxygen atoms in total. The summed E-state index contributed by atoms with van der Waals surface area (Å²) in [6, 6.07) is 7.08. The van der Waals surface area contributed by atoms with Crippen LogP contribution in [0, 0.1) is 0 Å². The minimum absolute atomic E-state index is 0.0131. The first-order valence-corrected chi connectivity index (χ1v) is 6.11. The third-order valence-corrected chi connectivity index (χ3v) is 2.45. The van der Waals surface area contributed by atoms with Crippen molar-refractivity contribution in [1.29, 1.82) is 0 Å². The van der Waals surface area contributed by atoms with Crippen LogP contribution in [0.5, 0.6) is 5.75 Å². The van der Waals surface area contributed by atoms with E-state index in [0.29, 0.717) is 24.5 Å². The molecule has 18 heavy (non-hydrogen) atoms. The lowest BCUT2D eigenvalue weighted by Crippen LogP contribution is -2.21. The summed E-state index contributed by atoms with van der Waals surface area (Å²) >= 11 is 0. The normalized spacial score (nSPS) is 10.7. The minimum Gasteiger partial charge on any atom is -0.497 e. The predicted molar refractivity (Wildman–Crippen MR) is 69.0 cm³/mol. The van der Waals surface area contributed by atoms with Crippen LogP contribution < -0.4 is 4.74 Å². The summed E-state index contributed by atoms with van der Waals surface area (Å²) in [6.07, 6.45) is -0.256. The first-order chi connectivity index (χ1) is 8.71. The van der Waals surface area contributed by atoms with Gasteiger partial charge in [-0.1, -0.05) is 12.1 Å². The minimum atomic E-state index is -0.473. The summed E-state index contributed by atoms with van der Waals surface area (Å²) in [4.78, 5) is 12.1. The summed E-state index contributed by atoms with van der Waals surface area (Å²) < 4.78 is 15.8. The first-order valence-electron chi connectivity index (χ1n) is 6.11. The zero-order valence-electron chi connectivity index (χ0n) is 11.1. The molecule has 0 aliphatic carbocycles. The van der Waals surface area contributed by atoms with Crippen LogP contribution in [0.2, 0.25) is 0 Å². The molecular weight excluding hydrogens is 232 g/mol. The molecular formula is C14H20O4. The Bertz CT molecular complexity index is 370. The standard InChI is InChI=1S/C14H20O4/c1-4-17-14(18-5-2)10-13(15)11-7-6-8-12(9-11)16-3/h6-9,14H,4-5,10H2,1-3H3. The fourth-order valence-corrected chi connectivity index (χ4v) is 1.60. The Morgan fingerprint density at radius 3 is 2.44 bits per heavy atom. The molecule has 0 saturated carbocycles. The number of carbonyl (C=O) groups excluding carboxylic acids is 1. The van der Waals surface area contributed by atoms with Gasteiger partial charge in [-0.2, -0.15) is 0 Å². The number of carbonyl (C=O) groups is 1. The number of benzene rings is 1. The maximum atomic E-state index is 12.1. The molecule has 0 unspecified atom stereocenters. The lowest BCUT2D eigenvalue weighted by Gasteiger charge is -2.16. The molecule has 0 saturated heterocycles. The highest BCUT2D eigenvalue weighted by molar-refractivity contribution is 5.96. The summed E-state index contributed by atoms with van der Waals surface area (Å²) in [5.41, 5.74) is 0.610. The predicted octanol–water partition coefficient (Wildman–Crippen LogP) is 2.67. The maximum Gasteiger partial charge on any atom is 0.168 e. The van der Waals surface area contributed by atoms with Crippen LogP contribution in [-0.4, -0.2) is 32.4 Å². The van der Waals surface area contributed by atoms with Gasteiger partial charge in [0.1, 0.15) is 5.75 Å². The Labute approximate surface area is 108 Å². The van der Waals surface area contributed by atoms with Crippen LogP contribution in [0.25, 0.3) is 0 Å². The van der Waals surface area contributed by atoms with Crippen LogP contribution in [0.3, 0.4) is 0 Å². The Kier molecular flexibility index (Phi) is 6.39. The molecule has 0 radical (unpaired) electrons. The molecule has 4 heteroatoms.